The number of nitrogens with one attached hydrogen (secondary N) is 1. The molecule has 1 heterocycles. The van der Waals surface area contributed by atoms with Crippen molar-refractivity contribution in [3.05, 3.63) is 29.3 Å². The van der Waals surface area contributed by atoms with E-state index in [0.717, 1.165) is 0 Å². The fraction of sp³-hybridized carbons (Fsp3) is 0.125. The van der Waals surface area contributed by atoms with Crippen LogP contribution in [0.5, 0.6) is 0 Å². The first-order chi connectivity index (χ1) is 6.83. The number of aldehydes is 1. The van der Waals surface area contributed by atoms with Crippen molar-refractivity contribution in [2.75, 3.05) is 5.01 Å². The molecule has 6 heteroatoms. The highest BCUT2D eigenvalue weighted by molar-refractivity contribution is 6.33. The first-order valence-electron chi connectivity index (χ1n) is 3.98. The number of carbonyl (C=O) groups excluding carboxylic acids is 1. The van der Waals surface area contributed by atoms with Gasteiger partial charge in [-0.15, -0.1) is 0 Å². The zero-order valence-corrected chi connectivity index (χ0v) is 7.85. The first kappa shape index (κ1) is 8.96. The maximum atomic E-state index is 10.6. The lowest BCUT2D eigenvalue weighted by molar-refractivity contribution is -0.109. The van der Waals surface area contributed by atoms with Crippen molar-refractivity contribution in [3.63, 3.8) is 0 Å². The lowest BCUT2D eigenvalue weighted by Gasteiger charge is -2.17. The van der Waals surface area contributed by atoms with E-state index >= 15 is 0 Å². The largest absolute Gasteiger partial charge is 0.299 e. The van der Waals surface area contributed by atoms with Crippen molar-refractivity contribution < 1.29 is 4.79 Å². The Balaban J connectivity index is 2.35. The van der Waals surface area contributed by atoms with Crippen molar-refractivity contribution >= 4 is 23.6 Å². The van der Waals surface area contributed by atoms with Gasteiger partial charge < -0.3 is 0 Å². The highest BCUT2D eigenvalue weighted by Gasteiger charge is 2.23. The molecule has 1 aliphatic rings. The van der Waals surface area contributed by atoms with E-state index in [0.29, 0.717) is 17.0 Å². The molecule has 0 radical (unpaired) electrons. The molecule has 0 amide bonds. The molecule has 0 aliphatic carbocycles. The van der Waals surface area contributed by atoms with Crippen LogP contribution >= 0.6 is 11.6 Å². The second-order valence-electron chi connectivity index (χ2n) is 2.70. The van der Waals surface area contributed by atoms with Crippen LogP contribution in [0.4, 0.5) is 5.69 Å². The van der Waals surface area contributed by atoms with Crippen molar-refractivity contribution in [2.45, 2.75) is 6.17 Å². The van der Waals surface area contributed by atoms with Crippen LogP contribution in [0.2, 0.25) is 5.02 Å². The molecule has 1 unspecified atom stereocenters. The summed E-state index contributed by atoms with van der Waals surface area (Å²) in [6, 6.07) is 7.12. The standard InChI is InChI=1S/C8H7ClN4O/c9-6-3-1-2-4-7(6)13-8(5-14)10-11-12-13/h1-5,8H,(H,10,12). The van der Waals surface area contributed by atoms with E-state index in [1.165, 1.54) is 5.01 Å². The minimum Gasteiger partial charge on any atom is -0.299 e. The maximum absolute atomic E-state index is 10.6. The van der Waals surface area contributed by atoms with E-state index in [4.69, 9.17) is 11.6 Å². The number of nitrogens with zero attached hydrogens (tertiary/aromatic N) is 3. The van der Waals surface area contributed by atoms with Crippen LogP contribution in [-0.2, 0) is 4.79 Å². The van der Waals surface area contributed by atoms with Crippen LogP contribution in [0.15, 0.2) is 34.7 Å². The molecular formula is C8H7ClN4O. The van der Waals surface area contributed by atoms with Crippen molar-refractivity contribution in [1.82, 2.24) is 5.43 Å². The van der Waals surface area contributed by atoms with Crippen molar-refractivity contribution in [2.24, 2.45) is 10.4 Å². The lowest BCUT2D eigenvalue weighted by Crippen LogP contribution is -2.36. The SMILES string of the molecule is O=CC1NN=NN1c1ccccc1Cl. The summed E-state index contributed by atoms with van der Waals surface area (Å²) >= 11 is 5.94. The van der Waals surface area contributed by atoms with E-state index in [-0.39, 0.29) is 0 Å². The Morgan fingerprint density at radius 3 is 3.00 bits per heavy atom. The van der Waals surface area contributed by atoms with Gasteiger partial charge in [0, 0.05) is 0 Å². The van der Waals surface area contributed by atoms with Gasteiger partial charge in [-0.3, -0.25) is 10.2 Å². The average molecular weight is 211 g/mol. The Kier molecular flexibility index (Phi) is 2.32. The molecule has 1 aromatic carbocycles. The molecule has 1 N–H and O–H groups in total. The molecule has 0 saturated heterocycles. The van der Waals surface area contributed by atoms with Gasteiger partial charge >= 0.3 is 0 Å². The smallest absolute Gasteiger partial charge is 0.195 e. The monoisotopic (exact) mass is 210 g/mol. The zero-order chi connectivity index (χ0) is 9.97. The highest BCUT2D eigenvalue weighted by Crippen LogP contribution is 2.27. The summed E-state index contributed by atoms with van der Waals surface area (Å²) in [7, 11) is 0. The first-order valence-corrected chi connectivity index (χ1v) is 4.36. The molecule has 0 bridgehead atoms. The fourth-order valence-corrected chi connectivity index (χ4v) is 1.39. The Bertz CT molecular complexity index is 381. The van der Waals surface area contributed by atoms with Gasteiger partial charge in [0.25, 0.3) is 0 Å². The third-order valence-corrected chi connectivity index (χ3v) is 2.14. The fourth-order valence-electron chi connectivity index (χ4n) is 1.17. The Labute approximate surface area is 85.3 Å². The third-order valence-electron chi connectivity index (χ3n) is 1.82. The minimum atomic E-state index is -0.574. The van der Waals surface area contributed by atoms with Crippen LogP contribution in [0, 0.1) is 0 Å². The lowest BCUT2D eigenvalue weighted by atomic mass is 10.3. The van der Waals surface area contributed by atoms with Crippen molar-refractivity contribution in [3.8, 4) is 0 Å². The zero-order valence-electron chi connectivity index (χ0n) is 7.09. The van der Waals surface area contributed by atoms with E-state index in [9.17, 15) is 4.79 Å². The van der Waals surface area contributed by atoms with Crippen molar-refractivity contribution in [1.29, 1.82) is 0 Å². The van der Waals surface area contributed by atoms with E-state index in [1.54, 1.807) is 12.1 Å². The number of halogens is 1. The normalized spacial score (nSPS) is 19.5. The van der Waals surface area contributed by atoms with Crippen LogP contribution < -0.4 is 10.4 Å². The quantitative estimate of drug-likeness (QED) is 0.754. The summed E-state index contributed by atoms with van der Waals surface area (Å²) in [4.78, 5) is 10.6. The summed E-state index contributed by atoms with van der Waals surface area (Å²) in [5.41, 5.74) is 3.19. The summed E-state index contributed by atoms with van der Waals surface area (Å²) in [5.74, 6) is 0. The maximum Gasteiger partial charge on any atom is 0.195 e. The summed E-state index contributed by atoms with van der Waals surface area (Å²) in [6.07, 6.45) is 0.137. The van der Waals surface area contributed by atoms with Gasteiger partial charge in [-0.05, 0) is 17.4 Å². The average Bonchev–Trinajstić information content (AvgIpc) is 2.66. The van der Waals surface area contributed by atoms with E-state index in [2.05, 4.69) is 15.9 Å². The summed E-state index contributed by atoms with van der Waals surface area (Å²) < 4.78 is 0. The molecule has 1 atom stereocenters. The molecule has 1 aliphatic heterocycles. The van der Waals surface area contributed by atoms with Gasteiger partial charge in [0.1, 0.15) is 0 Å². The van der Waals surface area contributed by atoms with Gasteiger partial charge in [0.05, 0.1) is 10.7 Å². The second-order valence-corrected chi connectivity index (χ2v) is 3.10. The Hall–Kier alpha value is -1.62. The number of carbonyl (C=O) groups is 1. The Morgan fingerprint density at radius 2 is 2.29 bits per heavy atom. The number of anilines is 1. The third kappa shape index (κ3) is 1.42. The number of para-hydroxylation sites is 1. The van der Waals surface area contributed by atoms with Gasteiger partial charge in [0.2, 0.25) is 0 Å². The predicted octanol–water partition coefficient (Wildman–Crippen LogP) is 1.56. The van der Waals surface area contributed by atoms with Crippen LogP contribution in [0.3, 0.4) is 0 Å². The number of benzene rings is 1. The molecule has 0 spiro atoms. The van der Waals surface area contributed by atoms with Gasteiger partial charge in [-0.2, -0.15) is 0 Å². The molecular weight excluding hydrogens is 204 g/mol. The van der Waals surface area contributed by atoms with Crippen LogP contribution in [-0.4, -0.2) is 12.5 Å². The van der Waals surface area contributed by atoms with Gasteiger partial charge in [-0.25, -0.2) is 5.01 Å². The predicted molar refractivity (Wildman–Crippen MR) is 51.8 cm³/mol. The minimum absolute atomic E-state index is 0.530. The van der Waals surface area contributed by atoms with Gasteiger partial charge in [0.15, 0.2) is 12.5 Å². The van der Waals surface area contributed by atoms with E-state index < -0.39 is 6.17 Å². The van der Waals surface area contributed by atoms with Gasteiger partial charge in [-0.1, -0.05) is 29.0 Å². The molecule has 2 rings (SSSR count). The summed E-state index contributed by atoms with van der Waals surface area (Å²) in [5, 5.41) is 9.25. The van der Waals surface area contributed by atoms with Crippen LogP contribution in [0.1, 0.15) is 0 Å². The second kappa shape index (κ2) is 3.63. The molecule has 14 heavy (non-hydrogen) atoms. The molecule has 72 valence electrons. The van der Waals surface area contributed by atoms with E-state index in [1.807, 2.05) is 12.1 Å². The molecule has 5 nitrogen and oxygen atoms in total. The number of hydrogen-bond acceptors (Lipinski definition) is 5. The summed E-state index contributed by atoms with van der Waals surface area (Å²) in [6.45, 7) is 0. The topological polar surface area (TPSA) is 57.1 Å². The Morgan fingerprint density at radius 1 is 1.50 bits per heavy atom. The molecule has 0 fully saturated rings. The van der Waals surface area contributed by atoms with Crippen LogP contribution in [0.25, 0.3) is 0 Å². The number of rotatable bonds is 2. The number of hydrogen-bond donors (Lipinski definition) is 1. The molecule has 0 aromatic heterocycles. The molecule has 1 aromatic rings. The molecule has 0 saturated carbocycles. The highest BCUT2D eigenvalue weighted by atomic mass is 35.5.